The lowest BCUT2D eigenvalue weighted by atomic mass is 9.91. The third kappa shape index (κ3) is 3.41. The highest BCUT2D eigenvalue weighted by Gasteiger charge is 2.23. The molecule has 7 heteroatoms. The second-order valence-electron chi connectivity index (χ2n) is 6.32. The summed E-state index contributed by atoms with van der Waals surface area (Å²) in [5.74, 6) is 0.312. The van der Waals surface area contributed by atoms with E-state index in [9.17, 15) is 9.59 Å². The molecule has 28 heavy (non-hydrogen) atoms. The van der Waals surface area contributed by atoms with Crippen LogP contribution in [0.15, 0.2) is 40.8 Å². The van der Waals surface area contributed by atoms with Gasteiger partial charge < -0.3 is 18.6 Å². The summed E-state index contributed by atoms with van der Waals surface area (Å²) in [7, 11) is 2.93. The Morgan fingerprint density at radius 3 is 2.64 bits per heavy atom. The molecule has 0 saturated carbocycles. The number of rotatable bonds is 5. The fourth-order valence-corrected chi connectivity index (χ4v) is 4.38. The largest absolute Gasteiger partial charge is 0.497 e. The van der Waals surface area contributed by atoms with Gasteiger partial charge in [0.1, 0.15) is 23.0 Å². The van der Waals surface area contributed by atoms with Crippen molar-refractivity contribution in [3.8, 4) is 16.2 Å². The molecule has 2 heterocycles. The summed E-state index contributed by atoms with van der Waals surface area (Å²) in [5, 5.41) is 0. The standard InChI is InChI=1S/C21H18O6S/c1-24-14-5-7-16-12(9-14)3-4-13-10-18(28-19(13)16)21(23)26-11-15-6-8-17(27-15)20(22)25-2/h5-10H,3-4,11H2,1-2H3. The van der Waals surface area contributed by atoms with Gasteiger partial charge >= 0.3 is 11.9 Å². The number of hydrogen-bond donors (Lipinski definition) is 0. The first-order chi connectivity index (χ1) is 13.6. The van der Waals surface area contributed by atoms with Crippen molar-refractivity contribution in [2.24, 2.45) is 0 Å². The quantitative estimate of drug-likeness (QED) is 0.598. The smallest absolute Gasteiger partial charge is 0.373 e. The molecule has 0 atom stereocenters. The van der Waals surface area contributed by atoms with Crippen LogP contribution in [0, 0.1) is 0 Å². The molecular formula is C21H18O6S. The highest BCUT2D eigenvalue weighted by molar-refractivity contribution is 7.17. The van der Waals surface area contributed by atoms with E-state index in [2.05, 4.69) is 4.74 Å². The van der Waals surface area contributed by atoms with E-state index in [0.29, 0.717) is 10.6 Å². The van der Waals surface area contributed by atoms with Gasteiger partial charge in [-0.15, -0.1) is 11.3 Å². The van der Waals surface area contributed by atoms with E-state index in [4.69, 9.17) is 13.9 Å². The second kappa shape index (κ2) is 7.52. The van der Waals surface area contributed by atoms with Gasteiger partial charge in [0.2, 0.25) is 5.76 Å². The molecule has 0 aliphatic heterocycles. The van der Waals surface area contributed by atoms with Crippen LogP contribution in [-0.2, 0) is 28.9 Å². The normalized spacial score (nSPS) is 12.1. The lowest BCUT2D eigenvalue weighted by Gasteiger charge is -2.16. The Balaban J connectivity index is 1.48. The molecule has 0 fully saturated rings. The average molecular weight is 398 g/mol. The zero-order valence-electron chi connectivity index (χ0n) is 15.4. The van der Waals surface area contributed by atoms with Crippen molar-refractivity contribution >= 4 is 23.3 Å². The Morgan fingerprint density at radius 1 is 1.04 bits per heavy atom. The first-order valence-corrected chi connectivity index (χ1v) is 9.55. The summed E-state index contributed by atoms with van der Waals surface area (Å²) in [4.78, 5) is 25.5. The number of hydrogen-bond acceptors (Lipinski definition) is 7. The fraction of sp³-hybridized carbons (Fsp3) is 0.238. The fourth-order valence-electron chi connectivity index (χ4n) is 3.21. The third-order valence-electron chi connectivity index (χ3n) is 4.62. The van der Waals surface area contributed by atoms with E-state index in [0.717, 1.165) is 34.6 Å². The first kappa shape index (κ1) is 18.3. The van der Waals surface area contributed by atoms with Gasteiger partial charge in [-0.3, -0.25) is 0 Å². The average Bonchev–Trinajstić information content (AvgIpc) is 3.38. The molecular weight excluding hydrogens is 380 g/mol. The van der Waals surface area contributed by atoms with Crippen molar-refractivity contribution in [3.05, 3.63) is 63.9 Å². The van der Waals surface area contributed by atoms with Crippen molar-refractivity contribution in [1.82, 2.24) is 0 Å². The summed E-state index contributed by atoms with van der Waals surface area (Å²) < 4.78 is 20.5. The van der Waals surface area contributed by atoms with Crippen molar-refractivity contribution in [3.63, 3.8) is 0 Å². The van der Waals surface area contributed by atoms with E-state index in [1.807, 2.05) is 24.3 Å². The Kier molecular flexibility index (Phi) is 4.92. The number of benzene rings is 1. The van der Waals surface area contributed by atoms with Gasteiger partial charge in [-0.05, 0) is 65.9 Å². The van der Waals surface area contributed by atoms with Crippen molar-refractivity contribution in [1.29, 1.82) is 0 Å². The molecule has 3 aromatic rings. The van der Waals surface area contributed by atoms with Crippen molar-refractivity contribution in [2.75, 3.05) is 14.2 Å². The summed E-state index contributed by atoms with van der Waals surface area (Å²) in [6, 6.07) is 11.0. The molecule has 144 valence electrons. The maximum atomic E-state index is 12.5. The Morgan fingerprint density at radius 2 is 1.86 bits per heavy atom. The number of methoxy groups -OCH3 is 2. The van der Waals surface area contributed by atoms with Crippen LogP contribution in [0.25, 0.3) is 10.4 Å². The highest BCUT2D eigenvalue weighted by atomic mass is 32.1. The molecule has 0 amide bonds. The maximum absolute atomic E-state index is 12.5. The number of aryl methyl sites for hydroxylation is 2. The van der Waals surface area contributed by atoms with Crippen molar-refractivity contribution < 1.29 is 28.2 Å². The predicted octanol–water partition coefficient (Wildman–Crippen LogP) is 4.26. The van der Waals surface area contributed by atoms with Crippen LogP contribution in [-0.4, -0.2) is 26.2 Å². The molecule has 2 aromatic heterocycles. The van der Waals surface area contributed by atoms with Gasteiger partial charge in [-0.25, -0.2) is 9.59 Å². The van der Waals surface area contributed by atoms with Gasteiger partial charge in [0.25, 0.3) is 0 Å². The van der Waals surface area contributed by atoms with E-state index in [1.54, 1.807) is 13.2 Å². The number of carbonyl (C=O) groups excluding carboxylic acids is 2. The minimum Gasteiger partial charge on any atom is -0.497 e. The number of esters is 2. The number of thiophene rings is 1. The number of furan rings is 1. The van der Waals surface area contributed by atoms with Crippen molar-refractivity contribution in [2.45, 2.75) is 19.4 Å². The zero-order chi connectivity index (χ0) is 19.7. The molecule has 6 nitrogen and oxygen atoms in total. The maximum Gasteiger partial charge on any atom is 0.373 e. The first-order valence-electron chi connectivity index (χ1n) is 8.73. The molecule has 0 bridgehead atoms. The number of carbonyl (C=O) groups is 2. The van der Waals surface area contributed by atoms with Crippen LogP contribution in [0.4, 0.5) is 0 Å². The van der Waals surface area contributed by atoms with Gasteiger partial charge in [-0.2, -0.15) is 0 Å². The molecule has 0 unspecified atom stereocenters. The Hall–Kier alpha value is -3.06. The van der Waals surface area contributed by atoms with Crippen LogP contribution in [0.3, 0.4) is 0 Å². The van der Waals surface area contributed by atoms with Crippen LogP contribution < -0.4 is 4.74 Å². The molecule has 4 rings (SSSR count). The molecule has 1 aliphatic carbocycles. The van der Waals surface area contributed by atoms with Crippen LogP contribution in [0.5, 0.6) is 5.75 Å². The predicted molar refractivity (Wildman–Crippen MR) is 103 cm³/mol. The molecule has 1 aliphatic rings. The number of ether oxygens (including phenoxy) is 3. The summed E-state index contributed by atoms with van der Waals surface area (Å²) >= 11 is 1.43. The van der Waals surface area contributed by atoms with E-state index >= 15 is 0 Å². The lowest BCUT2D eigenvalue weighted by Crippen LogP contribution is -2.03. The van der Waals surface area contributed by atoms with Gasteiger partial charge in [0.15, 0.2) is 0 Å². The molecule has 0 N–H and O–H groups in total. The van der Waals surface area contributed by atoms with E-state index < -0.39 is 11.9 Å². The Bertz CT molecular complexity index is 1050. The van der Waals surface area contributed by atoms with Gasteiger partial charge in [0, 0.05) is 4.88 Å². The molecule has 0 radical (unpaired) electrons. The number of fused-ring (bicyclic) bond motifs is 3. The monoisotopic (exact) mass is 398 g/mol. The minimum atomic E-state index is -0.571. The zero-order valence-corrected chi connectivity index (χ0v) is 16.3. The lowest BCUT2D eigenvalue weighted by molar-refractivity contribution is 0.0444. The topological polar surface area (TPSA) is 75.0 Å². The van der Waals surface area contributed by atoms with Crippen LogP contribution in [0.1, 0.15) is 37.1 Å². The summed E-state index contributed by atoms with van der Waals surface area (Å²) in [6.07, 6.45) is 1.79. The van der Waals surface area contributed by atoms with E-state index in [1.165, 1.54) is 30.1 Å². The van der Waals surface area contributed by atoms with Crippen LogP contribution >= 0.6 is 11.3 Å². The summed E-state index contributed by atoms with van der Waals surface area (Å²) in [5.41, 5.74) is 3.51. The molecule has 0 saturated heterocycles. The minimum absolute atomic E-state index is 0.0494. The molecule has 0 spiro atoms. The van der Waals surface area contributed by atoms with E-state index in [-0.39, 0.29) is 12.4 Å². The second-order valence-corrected chi connectivity index (χ2v) is 7.37. The van der Waals surface area contributed by atoms with Gasteiger partial charge in [0.05, 0.1) is 14.2 Å². The summed E-state index contributed by atoms with van der Waals surface area (Å²) in [6.45, 7) is -0.0494. The SMILES string of the molecule is COC(=O)c1ccc(COC(=O)c2cc3c(s2)-c2ccc(OC)cc2CC3)o1. The molecule has 1 aromatic carbocycles. The van der Waals surface area contributed by atoms with Gasteiger partial charge in [-0.1, -0.05) is 0 Å². The highest BCUT2D eigenvalue weighted by Crippen LogP contribution is 2.41. The Labute approximate surface area is 165 Å². The third-order valence-corrected chi connectivity index (χ3v) is 5.82. The van der Waals surface area contributed by atoms with Crippen LogP contribution in [0.2, 0.25) is 0 Å².